The molecule has 0 bridgehead atoms. The zero-order valence-electron chi connectivity index (χ0n) is 15.3. The molecule has 5 nitrogen and oxygen atoms in total. The molecule has 2 rings (SSSR count). The van der Waals surface area contributed by atoms with E-state index < -0.39 is 74.9 Å². The predicted molar refractivity (Wildman–Crippen MR) is 95.7 cm³/mol. The van der Waals surface area contributed by atoms with Gasteiger partial charge in [0.15, 0.2) is 11.6 Å². The first kappa shape index (κ1) is 26.4. The highest BCUT2D eigenvalue weighted by atomic mass is 35.5. The summed E-state index contributed by atoms with van der Waals surface area (Å²) in [5.41, 5.74) is 2.22. The molecule has 0 radical (unpaired) electrons. The fourth-order valence-electron chi connectivity index (χ4n) is 2.34. The molecule has 0 saturated carbocycles. The Balaban J connectivity index is 2.60. The Morgan fingerprint density at radius 3 is 2.00 bits per heavy atom. The Morgan fingerprint density at radius 2 is 1.55 bits per heavy atom. The van der Waals surface area contributed by atoms with Crippen LogP contribution in [0.4, 0.5) is 50.0 Å². The Hall–Kier alpha value is -2.87. The van der Waals surface area contributed by atoms with Gasteiger partial charge in [0, 0.05) is 0 Å². The summed E-state index contributed by atoms with van der Waals surface area (Å²) in [6.07, 6.45) is -16.6. The molecule has 1 unspecified atom stereocenters. The average molecular weight is 529 g/mol. The summed E-state index contributed by atoms with van der Waals surface area (Å²) < 4.78 is 123. The van der Waals surface area contributed by atoms with Gasteiger partial charge in [0.25, 0.3) is 12.1 Å². The van der Waals surface area contributed by atoms with Crippen LogP contribution in [0.15, 0.2) is 24.3 Å². The van der Waals surface area contributed by atoms with Crippen LogP contribution in [-0.4, -0.2) is 30.4 Å². The molecule has 1 atom stereocenters. The van der Waals surface area contributed by atoms with Crippen molar-refractivity contribution in [1.29, 1.82) is 0 Å². The Labute approximate surface area is 187 Å². The van der Waals surface area contributed by atoms with Crippen molar-refractivity contribution in [3.8, 4) is 5.75 Å². The number of imide groups is 1. The van der Waals surface area contributed by atoms with Gasteiger partial charge in [0.05, 0.1) is 10.7 Å². The molecule has 0 aliphatic heterocycles. The summed E-state index contributed by atoms with van der Waals surface area (Å²) in [7, 11) is 0. The fourth-order valence-corrected chi connectivity index (χ4v) is 2.86. The molecule has 2 aromatic carbocycles. The van der Waals surface area contributed by atoms with Gasteiger partial charge in [0.2, 0.25) is 0 Å². The van der Waals surface area contributed by atoms with E-state index in [2.05, 4.69) is 4.74 Å². The number of carbonyl (C=O) groups is 2. The number of primary amides is 1. The molecule has 2 N–H and O–H groups in total. The maximum absolute atomic E-state index is 14.7. The number of carbonyl (C=O) groups excluding carboxylic acids is 2. The van der Waals surface area contributed by atoms with Gasteiger partial charge < -0.3 is 10.5 Å². The lowest BCUT2D eigenvalue weighted by atomic mass is 10.1. The van der Waals surface area contributed by atoms with Gasteiger partial charge in [-0.25, -0.2) is 27.3 Å². The van der Waals surface area contributed by atoms with E-state index in [4.69, 9.17) is 28.9 Å². The Morgan fingerprint density at radius 1 is 1.03 bits per heavy atom. The van der Waals surface area contributed by atoms with E-state index in [1.54, 1.807) is 0 Å². The van der Waals surface area contributed by atoms with Gasteiger partial charge in [-0.3, -0.25) is 4.79 Å². The highest BCUT2D eigenvalue weighted by molar-refractivity contribution is 6.38. The predicted octanol–water partition coefficient (Wildman–Crippen LogP) is 6.01. The van der Waals surface area contributed by atoms with Crippen molar-refractivity contribution in [2.24, 2.45) is 5.73 Å². The van der Waals surface area contributed by atoms with Gasteiger partial charge in [-0.1, -0.05) is 29.3 Å². The van der Waals surface area contributed by atoms with Crippen LogP contribution in [0.3, 0.4) is 0 Å². The molecule has 0 aliphatic rings. The molecule has 0 fully saturated rings. The van der Waals surface area contributed by atoms with Crippen molar-refractivity contribution in [3.05, 3.63) is 57.3 Å². The van der Waals surface area contributed by atoms with Crippen LogP contribution in [0.2, 0.25) is 10.0 Å². The average Bonchev–Trinajstić information content (AvgIpc) is 2.67. The van der Waals surface area contributed by atoms with Crippen molar-refractivity contribution in [1.82, 2.24) is 0 Å². The Bertz CT molecular complexity index is 1090. The van der Waals surface area contributed by atoms with Crippen molar-refractivity contribution >= 4 is 40.8 Å². The standard InChI is InChI=1S/C17H7Cl2F9N2O3/c18-5-4-8(30(15(29)32)13(31)9-6(20)2-1-3-7(9)21)11(22)10(19)12(5)33-17(27,28)14(23)16(24,25)26/h1-4,14H,(H2,29,32). The highest BCUT2D eigenvalue weighted by Crippen LogP contribution is 2.45. The zero-order valence-corrected chi connectivity index (χ0v) is 16.8. The number of rotatable bonds is 5. The molecule has 0 saturated heterocycles. The van der Waals surface area contributed by atoms with Crippen molar-refractivity contribution in [2.75, 3.05) is 4.90 Å². The maximum Gasteiger partial charge on any atom is 0.439 e. The number of alkyl halides is 6. The van der Waals surface area contributed by atoms with E-state index in [1.807, 2.05) is 0 Å². The number of urea groups is 1. The van der Waals surface area contributed by atoms with Gasteiger partial charge in [-0.15, -0.1) is 0 Å². The highest BCUT2D eigenvalue weighted by Gasteiger charge is 2.59. The molecular formula is C17H7Cl2F9N2O3. The fraction of sp³-hybridized carbons (Fsp3) is 0.176. The van der Waals surface area contributed by atoms with E-state index >= 15 is 0 Å². The van der Waals surface area contributed by atoms with Crippen LogP contribution < -0.4 is 15.4 Å². The lowest BCUT2D eigenvalue weighted by molar-refractivity contribution is -0.304. The quantitative estimate of drug-likeness (QED) is 0.381. The molecule has 3 amide bonds. The topological polar surface area (TPSA) is 72.6 Å². The number of hydrogen-bond acceptors (Lipinski definition) is 3. The smallest absolute Gasteiger partial charge is 0.427 e. The summed E-state index contributed by atoms with van der Waals surface area (Å²) in [5.74, 6) is -8.62. The minimum atomic E-state index is -6.10. The molecule has 2 aromatic rings. The van der Waals surface area contributed by atoms with Gasteiger partial charge >= 0.3 is 18.3 Å². The summed E-state index contributed by atoms with van der Waals surface area (Å²) in [4.78, 5) is 23.8. The second-order valence-electron chi connectivity index (χ2n) is 5.98. The van der Waals surface area contributed by atoms with Crippen LogP contribution in [0.1, 0.15) is 10.4 Å². The number of nitrogens with zero attached hydrogens (tertiary/aromatic N) is 1. The Kier molecular flexibility index (Phi) is 7.33. The molecule has 0 heterocycles. The third-order valence-corrected chi connectivity index (χ3v) is 4.38. The van der Waals surface area contributed by atoms with E-state index in [0.717, 1.165) is 6.07 Å². The van der Waals surface area contributed by atoms with E-state index in [0.29, 0.717) is 12.1 Å². The van der Waals surface area contributed by atoms with Gasteiger partial charge in [-0.05, 0) is 18.2 Å². The molecule has 33 heavy (non-hydrogen) atoms. The molecular weight excluding hydrogens is 522 g/mol. The summed E-state index contributed by atoms with van der Waals surface area (Å²) in [5, 5.41) is -2.89. The van der Waals surface area contributed by atoms with Crippen LogP contribution in [0.25, 0.3) is 0 Å². The summed E-state index contributed by atoms with van der Waals surface area (Å²) >= 11 is 11.0. The first-order chi connectivity index (χ1) is 15.0. The minimum absolute atomic E-state index is 0.149. The van der Waals surface area contributed by atoms with E-state index in [-0.39, 0.29) is 11.0 Å². The third kappa shape index (κ3) is 5.21. The molecule has 0 aliphatic carbocycles. The maximum atomic E-state index is 14.7. The zero-order chi connectivity index (χ0) is 25.5. The lowest BCUT2D eigenvalue weighted by Gasteiger charge is -2.25. The van der Waals surface area contributed by atoms with Crippen LogP contribution >= 0.6 is 23.2 Å². The van der Waals surface area contributed by atoms with Crippen molar-refractivity contribution in [2.45, 2.75) is 18.5 Å². The number of nitrogens with two attached hydrogens (primary N) is 1. The first-order valence-electron chi connectivity index (χ1n) is 8.03. The molecule has 0 spiro atoms. The molecule has 180 valence electrons. The van der Waals surface area contributed by atoms with Crippen LogP contribution in [0, 0.1) is 17.5 Å². The molecule has 0 aromatic heterocycles. The minimum Gasteiger partial charge on any atom is -0.427 e. The van der Waals surface area contributed by atoms with Crippen molar-refractivity contribution < 1.29 is 53.8 Å². The summed E-state index contributed by atoms with van der Waals surface area (Å²) in [6, 6.07) is 0.331. The first-order valence-corrected chi connectivity index (χ1v) is 8.79. The lowest BCUT2D eigenvalue weighted by Crippen LogP contribution is -2.46. The van der Waals surface area contributed by atoms with Gasteiger partial charge in [-0.2, -0.15) is 22.0 Å². The number of anilines is 1. The SMILES string of the molecule is NC(=O)N(C(=O)c1c(F)cccc1F)c1cc(Cl)c(OC(F)(F)C(F)C(F)(F)F)c(Cl)c1F. The van der Waals surface area contributed by atoms with E-state index in [1.165, 1.54) is 0 Å². The largest absolute Gasteiger partial charge is 0.439 e. The number of amides is 3. The number of benzene rings is 2. The third-order valence-electron chi connectivity index (χ3n) is 3.76. The number of ether oxygens (including phenoxy) is 1. The van der Waals surface area contributed by atoms with Crippen molar-refractivity contribution in [3.63, 3.8) is 0 Å². The number of hydrogen-bond donors (Lipinski definition) is 1. The summed E-state index contributed by atoms with van der Waals surface area (Å²) in [6.45, 7) is 0. The van der Waals surface area contributed by atoms with E-state index in [9.17, 15) is 49.1 Å². The second-order valence-corrected chi connectivity index (χ2v) is 6.76. The number of halogens is 11. The van der Waals surface area contributed by atoms with Gasteiger partial charge in [0.1, 0.15) is 22.2 Å². The monoisotopic (exact) mass is 528 g/mol. The molecule has 16 heteroatoms. The van der Waals surface area contributed by atoms with Crippen LogP contribution in [-0.2, 0) is 0 Å². The normalized spacial score (nSPS) is 12.9. The second kappa shape index (κ2) is 9.17. The van der Waals surface area contributed by atoms with Crippen LogP contribution in [0.5, 0.6) is 5.75 Å².